The van der Waals surface area contributed by atoms with Crippen LogP contribution in [0.15, 0.2) is 64.5 Å². The van der Waals surface area contributed by atoms with Crippen LogP contribution in [-0.2, 0) is 9.53 Å². The lowest BCUT2D eigenvalue weighted by Crippen LogP contribution is -2.42. The van der Waals surface area contributed by atoms with Gasteiger partial charge < -0.3 is 14.1 Å². The summed E-state index contributed by atoms with van der Waals surface area (Å²) in [5.74, 6) is 0.409. The van der Waals surface area contributed by atoms with Crippen molar-refractivity contribution in [1.29, 1.82) is 0 Å². The van der Waals surface area contributed by atoms with Gasteiger partial charge in [0.15, 0.2) is 0 Å². The van der Waals surface area contributed by atoms with Crippen molar-refractivity contribution in [2.24, 2.45) is 0 Å². The molecule has 7 nitrogen and oxygen atoms in total. The van der Waals surface area contributed by atoms with Crippen LogP contribution in [0.1, 0.15) is 10.8 Å². The second-order valence-corrected chi connectivity index (χ2v) is 7.02. The van der Waals surface area contributed by atoms with E-state index in [1.54, 1.807) is 18.5 Å². The summed E-state index contributed by atoms with van der Waals surface area (Å²) in [6.07, 6.45) is 3.34. The predicted molar refractivity (Wildman–Crippen MR) is 100.0 cm³/mol. The molecule has 0 spiro atoms. The molecule has 1 saturated heterocycles. The summed E-state index contributed by atoms with van der Waals surface area (Å²) >= 11 is 1.27. The summed E-state index contributed by atoms with van der Waals surface area (Å²) in [5, 5.41) is 8.09. The Morgan fingerprint density at radius 3 is 2.63 bits per heavy atom. The number of amides is 1. The molecule has 0 bridgehead atoms. The Morgan fingerprint density at radius 1 is 1.07 bits per heavy atom. The molecule has 3 aromatic rings. The zero-order valence-corrected chi connectivity index (χ0v) is 15.3. The molecule has 138 valence electrons. The van der Waals surface area contributed by atoms with Gasteiger partial charge in [0.1, 0.15) is 5.25 Å². The van der Waals surface area contributed by atoms with Gasteiger partial charge in [-0.05, 0) is 29.5 Å². The molecule has 1 fully saturated rings. The summed E-state index contributed by atoms with van der Waals surface area (Å²) in [5.41, 5.74) is 1.65. The topological polar surface area (TPSA) is 81.3 Å². The molecule has 1 aromatic carbocycles. The van der Waals surface area contributed by atoms with Gasteiger partial charge in [-0.3, -0.25) is 9.78 Å². The van der Waals surface area contributed by atoms with Crippen LogP contribution in [0.2, 0.25) is 0 Å². The maximum atomic E-state index is 13.1. The average molecular weight is 382 g/mol. The number of hydrogen-bond acceptors (Lipinski definition) is 7. The predicted octanol–water partition coefficient (Wildman–Crippen LogP) is 2.82. The van der Waals surface area contributed by atoms with Gasteiger partial charge in [-0.15, -0.1) is 10.2 Å². The molecule has 0 N–H and O–H groups in total. The van der Waals surface area contributed by atoms with Crippen molar-refractivity contribution in [1.82, 2.24) is 20.1 Å². The summed E-state index contributed by atoms with van der Waals surface area (Å²) in [7, 11) is 0. The van der Waals surface area contributed by atoms with E-state index in [1.165, 1.54) is 11.8 Å². The second-order valence-electron chi connectivity index (χ2n) is 5.96. The Bertz CT molecular complexity index is 882. The fourth-order valence-corrected chi connectivity index (χ4v) is 3.76. The lowest BCUT2D eigenvalue weighted by Gasteiger charge is -2.29. The number of carbonyl (C=O) groups is 1. The van der Waals surface area contributed by atoms with E-state index < -0.39 is 5.25 Å². The van der Waals surface area contributed by atoms with Crippen molar-refractivity contribution < 1.29 is 13.9 Å². The first-order chi connectivity index (χ1) is 13.3. The molecule has 27 heavy (non-hydrogen) atoms. The maximum absolute atomic E-state index is 13.1. The van der Waals surface area contributed by atoms with Crippen molar-refractivity contribution in [3.63, 3.8) is 0 Å². The van der Waals surface area contributed by atoms with E-state index in [1.807, 2.05) is 41.3 Å². The highest BCUT2D eigenvalue weighted by Gasteiger charge is 2.30. The van der Waals surface area contributed by atoms with Crippen LogP contribution in [0, 0.1) is 0 Å². The lowest BCUT2D eigenvalue weighted by atomic mass is 10.1. The average Bonchev–Trinajstić information content (AvgIpc) is 3.22. The Hall–Kier alpha value is -2.71. The first kappa shape index (κ1) is 17.7. The van der Waals surface area contributed by atoms with Gasteiger partial charge >= 0.3 is 0 Å². The molecule has 3 heterocycles. The van der Waals surface area contributed by atoms with Crippen molar-refractivity contribution in [2.45, 2.75) is 10.5 Å². The van der Waals surface area contributed by atoms with E-state index in [0.29, 0.717) is 37.4 Å². The number of nitrogens with zero attached hydrogens (tertiary/aromatic N) is 4. The van der Waals surface area contributed by atoms with E-state index in [2.05, 4.69) is 15.2 Å². The minimum absolute atomic E-state index is 0.0237. The third kappa shape index (κ3) is 4.17. The molecular weight excluding hydrogens is 364 g/mol. The van der Waals surface area contributed by atoms with Gasteiger partial charge in [0.2, 0.25) is 11.8 Å². The number of hydrogen-bond donors (Lipinski definition) is 0. The Labute approximate surface area is 160 Å². The summed E-state index contributed by atoms with van der Waals surface area (Å²) in [6, 6.07) is 13.3. The first-order valence-corrected chi connectivity index (χ1v) is 9.51. The fraction of sp³-hybridized carbons (Fsp3) is 0.263. The third-order valence-electron chi connectivity index (χ3n) is 4.18. The molecule has 1 amide bonds. The van der Waals surface area contributed by atoms with E-state index in [9.17, 15) is 4.79 Å². The van der Waals surface area contributed by atoms with Gasteiger partial charge in [-0.2, -0.15) is 0 Å². The lowest BCUT2D eigenvalue weighted by molar-refractivity contribution is -0.134. The highest BCUT2D eigenvalue weighted by Crippen LogP contribution is 2.37. The minimum Gasteiger partial charge on any atom is -0.411 e. The van der Waals surface area contributed by atoms with Gasteiger partial charge in [-0.1, -0.05) is 30.3 Å². The molecular formula is C19H18N4O3S. The largest absolute Gasteiger partial charge is 0.411 e. The van der Waals surface area contributed by atoms with E-state index in [-0.39, 0.29) is 5.91 Å². The van der Waals surface area contributed by atoms with E-state index in [0.717, 1.165) is 11.1 Å². The van der Waals surface area contributed by atoms with Gasteiger partial charge in [0, 0.05) is 25.5 Å². The number of pyridine rings is 1. The van der Waals surface area contributed by atoms with Crippen molar-refractivity contribution in [2.75, 3.05) is 26.3 Å². The van der Waals surface area contributed by atoms with Crippen molar-refractivity contribution in [3.8, 4) is 11.5 Å². The zero-order valence-electron chi connectivity index (χ0n) is 14.5. The van der Waals surface area contributed by atoms with Crippen LogP contribution in [0.4, 0.5) is 0 Å². The highest BCUT2D eigenvalue weighted by atomic mass is 32.2. The van der Waals surface area contributed by atoms with E-state index in [4.69, 9.17) is 9.15 Å². The minimum atomic E-state index is -0.452. The molecule has 1 aliphatic heterocycles. The molecule has 1 aliphatic rings. The maximum Gasteiger partial charge on any atom is 0.277 e. The van der Waals surface area contributed by atoms with Crippen LogP contribution < -0.4 is 0 Å². The quantitative estimate of drug-likeness (QED) is 0.628. The smallest absolute Gasteiger partial charge is 0.277 e. The van der Waals surface area contributed by atoms with Gasteiger partial charge in [0.05, 0.1) is 18.8 Å². The standard InChI is InChI=1S/C19H18N4O3S/c24-18(23-9-11-25-12-10-23)16(14-5-2-1-3-6-14)27-19-22-21-17(26-19)15-7-4-8-20-13-15/h1-8,13,16H,9-12H2/t16-/m1/s1. The molecule has 0 saturated carbocycles. The summed E-state index contributed by atoms with van der Waals surface area (Å²) < 4.78 is 11.1. The number of carbonyl (C=O) groups excluding carboxylic acids is 1. The molecule has 0 radical (unpaired) electrons. The third-order valence-corrected chi connectivity index (χ3v) is 5.26. The van der Waals surface area contributed by atoms with Crippen LogP contribution in [0.3, 0.4) is 0 Å². The number of benzene rings is 1. The zero-order chi connectivity index (χ0) is 18.5. The molecule has 1 atom stereocenters. The molecule has 0 unspecified atom stereocenters. The SMILES string of the molecule is O=C([C@H](Sc1nnc(-c2cccnc2)o1)c1ccccc1)N1CCOCC1. The van der Waals surface area contributed by atoms with Crippen LogP contribution in [-0.4, -0.2) is 52.3 Å². The highest BCUT2D eigenvalue weighted by molar-refractivity contribution is 8.00. The number of thioether (sulfide) groups is 1. The number of ether oxygens (including phenoxy) is 1. The molecule has 4 rings (SSSR count). The number of aromatic nitrogens is 3. The Morgan fingerprint density at radius 2 is 1.89 bits per heavy atom. The van der Waals surface area contributed by atoms with Crippen molar-refractivity contribution >= 4 is 17.7 Å². The molecule has 0 aliphatic carbocycles. The van der Waals surface area contributed by atoms with Gasteiger partial charge in [0.25, 0.3) is 5.22 Å². The Kier molecular flexibility index (Phi) is 5.45. The summed E-state index contributed by atoms with van der Waals surface area (Å²) in [4.78, 5) is 19.0. The van der Waals surface area contributed by atoms with Gasteiger partial charge in [-0.25, -0.2) is 0 Å². The first-order valence-electron chi connectivity index (χ1n) is 8.63. The normalized spacial score (nSPS) is 15.5. The van der Waals surface area contributed by atoms with Crippen LogP contribution in [0.25, 0.3) is 11.5 Å². The Balaban J connectivity index is 1.58. The van der Waals surface area contributed by atoms with Crippen LogP contribution >= 0.6 is 11.8 Å². The molecule has 2 aromatic heterocycles. The monoisotopic (exact) mass is 382 g/mol. The number of morpholine rings is 1. The van der Waals surface area contributed by atoms with E-state index >= 15 is 0 Å². The summed E-state index contributed by atoms with van der Waals surface area (Å²) in [6.45, 7) is 2.30. The number of rotatable bonds is 5. The fourth-order valence-electron chi connectivity index (χ4n) is 2.80. The van der Waals surface area contributed by atoms with Crippen LogP contribution in [0.5, 0.6) is 0 Å². The molecule has 8 heteroatoms. The second kappa shape index (κ2) is 8.32. The van der Waals surface area contributed by atoms with Crippen molar-refractivity contribution in [3.05, 3.63) is 60.4 Å².